The smallest absolute Gasteiger partial charge is 0.410 e. The maximum Gasteiger partial charge on any atom is 0.410 e. The molecule has 208 valence electrons. The number of fused-ring (bicyclic) bond motifs is 1. The first-order valence-corrected chi connectivity index (χ1v) is 13.5. The van der Waals surface area contributed by atoms with Crippen LogP contribution in [-0.2, 0) is 30.7 Å². The standard InChI is InChI=1S/C31H36N6O3/c1-30(2,3)40-29(38)36-14-11-22-15-21(8-9-24(22)18-36)16-27-33-13-10-26(34-27)25-19-37(20-31(4,5)39)35-28(25)23-7-6-12-32-17-23/h6-10,12-13,15,17,19,39H,11,14,16,18,20H2,1-5H3. The maximum atomic E-state index is 12.5. The molecule has 0 fully saturated rings. The van der Waals surface area contributed by atoms with Gasteiger partial charge in [-0.1, -0.05) is 18.2 Å². The van der Waals surface area contributed by atoms with Gasteiger partial charge in [-0.3, -0.25) is 9.67 Å². The van der Waals surface area contributed by atoms with E-state index in [9.17, 15) is 9.90 Å². The zero-order valence-electron chi connectivity index (χ0n) is 23.8. The van der Waals surface area contributed by atoms with E-state index in [0.717, 1.165) is 40.1 Å². The van der Waals surface area contributed by atoms with Crippen molar-refractivity contribution in [1.29, 1.82) is 0 Å². The number of aliphatic hydroxyl groups is 1. The number of pyridine rings is 1. The molecule has 0 atom stereocenters. The minimum absolute atomic E-state index is 0.274. The van der Waals surface area contributed by atoms with Crippen LogP contribution in [0.15, 0.2) is 61.2 Å². The predicted molar refractivity (Wildman–Crippen MR) is 152 cm³/mol. The van der Waals surface area contributed by atoms with E-state index in [1.54, 1.807) is 42.0 Å². The highest BCUT2D eigenvalue weighted by molar-refractivity contribution is 5.78. The highest BCUT2D eigenvalue weighted by Gasteiger charge is 2.26. The Hall–Kier alpha value is -4.11. The maximum absolute atomic E-state index is 12.5. The summed E-state index contributed by atoms with van der Waals surface area (Å²) in [5.41, 5.74) is 5.31. The van der Waals surface area contributed by atoms with Gasteiger partial charge in [-0.25, -0.2) is 14.8 Å². The molecule has 0 saturated carbocycles. The summed E-state index contributed by atoms with van der Waals surface area (Å²) in [5, 5.41) is 15.1. The van der Waals surface area contributed by atoms with E-state index in [0.29, 0.717) is 31.9 Å². The molecule has 4 aromatic rings. The van der Waals surface area contributed by atoms with Gasteiger partial charge in [0, 0.05) is 55.4 Å². The van der Waals surface area contributed by atoms with Gasteiger partial charge in [0.25, 0.3) is 0 Å². The van der Waals surface area contributed by atoms with Crippen molar-refractivity contribution in [3.05, 3.63) is 83.7 Å². The van der Waals surface area contributed by atoms with Crippen molar-refractivity contribution < 1.29 is 14.6 Å². The molecule has 1 aliphatic heterocycles. The summed E-state index contributed by atoms with van der Waals surface area (Å²) in [6.07, 6.45) is 8.28. The second-order valence-electron chi connectivity index (χ2n) is 11.9. The molecule has 9 nitrogen and oxygen atoms in total. The average Bonchev–Trinajstić information content (AvgIpc) is 3.30. The van der Waals surface area contributed by atoms with Crippen molar-refractivity contribution in [3.8, 4) is 22.5 Å². The van der Waals surface area contributed by atoms with Gasteiger partial charge in [0.2, 0.25) is 0 Å². The Morgan fingerprint density at radius 1 is 1.07 bits per heavy atom. The summed E-state index contributed by atoms with van der Waals surface area (Å²) in [7, 11) is 0. The Labute approximate surface area is 234 Å². The Morgan fingerprint density at radius 2 is 1.90 bits per heavy atom. The summed E-state index contributed by atoms with van der Waals surface area (Å²) in [6.45, 7) is 10.7. The van der Waals surface area contributed by atoms with Gasteiger partial charge in [-0.05, 0) is 75.9 Å². The molecule has 1 aromatic carbocycles. The van der Waals surface area contributed by atoms with Gasteiger partial charge < -0.3 is 14.7 Å². The fourth-order valence-corrected chi connectivity index (χ4v) is 4.82. The Bertz CT molecular complexity index is 1500. The number of carbonyl (C=O) groups excluding carboxylic acids is 1. The van der Waals surface area contributed by atoms with Crippen LogP contribution < -0.4 is 0 Å². The Balaban J connectivity index is 1.37. The molecule has 0 aliphatic carbocycles. The minimum Gasteiger partial charge on any atom is -0.444 e. The Morgan fingerprint density at radius 3 is 2.62 bits per heavy atom. The van der Waals surface area contributed by atoms with Crippen LogP contribution in [0.4, 0.5) is 4.79 Å². The number of benzene rings is 1. The van der Waals surface area contributed by atoms with Gasteiger partial charge in [0.1, 0.15) is 17.1 Å². The summed E-state index contributed by atoms with van der Waals surface area (Å²) in [6, 6.07) is 12.1. The first-order valence-electron chi connectivity index (χ1n) is 13.5. The minimum atomic E-state index is -0.914. The second-order valence-corrected chi connectivity index (χ2v) is 11.9. The molecule has 0 saturated heterocycles. The van der Waals surface area contributed by atoms with E-state index in [1.807, 2.05) is 45.2 Å². The lowest BCUT2D eigenvalue weighted by atomic mass is 9.96. The van der Waals surface area contributed by atoms with Crippen molar-refractivity contribution >= 4 is 6.09 Å². The van der Waals surface area contributed by atoms with Gasteiger partial charge >= 0.3 is 6.09 Å². The van der Waals surface area contributed by atoms with Gasteiger partial charge in [-0.2, -0.15) is 5.10 Å². The highest BCUT2D eigenvalue weighted by atomic mass is 16.6. The third kappa shape index (κ3) is 6.71. The van der Waals surface area contributed by atoms with E-state index in [-0.39, 0.29) is 6.09 Å². The summed E-state index contributed by atoms with van der Waals surface area (Å²) >= 11 is 0. The summed E-state index contributed by atoms with van der Waals surface area (Å²) < 4.78 is 7.31. The molecule has 9 heteroatoms. The van der Waals surface area contributed by atoms with Crippen LogP contribution >= 0.6 is 0 Å². The number of rotatable bonds is 6. The quantitative estimate of drug-likeness (QED) is 0.364. The average molecular weight is 541 g/mol. The van der Waals surface area contributed by atoms with Crippen molar-refractivity contribution in [2.45, 2.75) is 71.8 Å². The third-order valence-corrected chi connectivity index (χ3v) is 6.52. The van der Waals surface area contributed by atoms with Crippen molar-refractivity contribution in [2.24, 2.45) is 0 Å². The molecule has 0 radical (unpaired) electrons. The van der Waals surface area contributed by atoms with E-state index < -0.39 is 11.2 Å². The van der Waals surface area contributed by atoms with Crippen LogP contribution in [0.5, 0.6) is 0 Å². The normalized spacial score (nSPS) is 13.7. The fourth-order valence-electron chi connectivity index (χ4n) is 4.82. The van der Waals surface area contributed by atoms with E-state index in [1.165, 1.54) is 5.56 Å². The molecule has 5 rings (SSSR count). The zero-order valence-corrected chi connectivity index (χ0v) is 23.8. The number of aromatic nitrogens is 5. The number of nitrogens with zero attached hydrogens (tertiary/aromatic N) is 6. The van der Waals surface area contributed by atoms with Crippen LogP contribution in [0.2, 0.25) is 0 Å². The SMILES string of the molecule is CC(C)(O)Cn1cc(-c2ccnc(Cc3ccc4c(c3)CCN(C(=O)OC(C)(C)C)C4)n2)c(-c2cccnc2)n1. The topological polar surface area (TPSA) is 106 Å². The lowest BCUT2D eigenvalue weighted by Gasteiger charge is -2.31. The number of amides is 1. The second kappa shape index (κ2) is 10.8. The van der Waals surface area contributed by atoms with Crippen LogP contribution in [0.1, 0.15) is 57.1 Å². The van der Waals surface area contributed by atoms with Crippen molar-refractivity contribution in [3.63, 3.8) is 0 Å². The van der Waals surface area contributed by atoms with Crippen LogP contribution in [0.3, 0.4) is 0 Å². The molecule has 1 amide bonds. The molecule has 40 heavy (non-hydrogen) atoms. The number of hydrogen-bond donors (Lipinski definition) is 1. The third-order valence-electron chi connectivity index (χ3n) is 6.52. The highest BCUT2D eigenvalue weighted by Crippen LogP contribution is 2.30. The largest absolute Gasteiger partial charge is 0.444 e. The lowest BCUT2D eigenvalue weighted by Crippen LogP contribution is -2.39. The first-order chi connectivity index (χ1) is 18.9. The van der Waals surface area contributed by atoms with Crippen molar-refractivity contribution in [1.82, 2.24) is 29.6 Å². The number of ether oxygens (including phenoxy) is 1. The molecule has 3 aromatic heterocycles. The van der Waals surface area contributed by atoms with Crippen molar-refractivity contribution in [2.75, 3.05) is 6.54 Å². The van der Waals surface area contributed by atoms with Gasteiger partial charge in [0.05, 0.1) is 17.8 Å². The van der Waals surface area contributed by atoms with E-state index >= 15 is 0 Å². The predicted octanol–water partition coefficient (Wildman–Crippen LogP) is 5.06. The molecular weight excluding hydrogens is 504 g/mol. The monoisotopic (exact) mass is 540 g/mol. The lowest BCUT2D eigenvalue weighted by molar-refractivity contribution is 0.0224. The zero-order chi connectivity index (χ0) is 28.5. The fraction of sp³-hybridized carbons (Fsp3) is 0.387. The Kier molecular flexibility index (Phi) is 7.42. The molecule has 0 unspecified atom stereocenters. The molecule has 0 spiro atoms. The van der Waals surface area contributed by atoms with Crippen LogP contribution in [0.25, 0.3) is 22.5 Å². The first kappa shape index (κ1) is 27.5. The number of carbonyl (C=O) groups is 1. The summed E-state index contributed by atoms with van der Waals surface area (Å²) in [5.74, 6) is 0.705. The molecule has 1 aliphatic rings. The van der Waals surface area contributed by atoms with E-state index in [2.05, 4.69) is 28.2 Å². The van der Waals surface area contributed by atoms with Gasteiger partial charge in [-0.15, -0.1) is 0 Å². The van der Waals surface area contributed by atoms with E-state index in [4.69, 9.17) is 14.8 Å². The molecule has 1 N–H and O–H groups in total. The summed E-state index contributed by atoms with van der Waals surface area (Å²) in [4.78, 5) is 28.0. The molecular formula is C31H36N6O3. The number of hydrogen-bond acceptors (Lipinski definition) is 7. The van der Waals surface area contributed by atoms with Gasteiger partial charge in [0.15, 0.2) is 0 Å². The van der Waals surface area contributed by atoms with Crippen LogP contribution in [-0.4, -0.2) is 58.6 Å². The molecule has 4 heterocycles. The van der Waals surface area contributed by atoms with Crippen LogP contribution in [0, 0.1) is 0 Å². The molecule has 0 bridgehead atoms.